The normalized spacial score (nSPS) is 27.0. The molecule has 25 heavy (non-hydrogen) atoms. The van der Waals surface area contributed by atoms with Gasteiger partial charge in [-0.15, -0.1) is 0 Å². The van der Waals surface area contributed by atoms with E-state index in [0.717, 1.165) is 5.56 Å². The molecule has 0 spiro atoms. The van der Waals surface area contributed by atoms with Crippen LogP contribution in [0.4, 0.5) is 0 Å². The molecule has 1 amide bonds. The van der Waals surface area contributed by atoms with Crippen LogP contribution in [0.25, 0.3) is 0 Å². The topological polar surface area (TPSA) is 111 Å². The van der Waals surface area contributed by atoms with Crippen LogP contribution in [-0.4, -0.2) is 50.3 Å². The minimum Gasteiger partial charge on any atom is -0.373 e. The lowest BCUT2D eigenvalue weighted by molar-refractivity contribution is -0.150. The number of carbonyl (C=O) groups excluding carboxylic acids is 1. The maximum Gasteiger partial charge on any atom is 0.397 e. The summed E-state index contributed by atoms with van der Waals surface area (Å²) < 4.78 is 46.3. The third-order valence-electron chi connectivity index (χ3n) is 4.05. The fraction of sp³-hybridized carbons (Fsp3) is 0.562. The van der Waals surface area contributed by atoms with Crippen molar-refractivity contribution < 1.29 is 31.4 Å². The first kappa shape index (κ1) is 19.8. The zero-order valence-electron chi connectivity index (χ0n) is 14.1. The van der Waals surface area contributed by atoms with E-state index in [1.54, 1.807) is 0 Å². The van der Waals surface area contributed by atoms with Gasteiger partial charge in [-0.25, -0.2) is 4.18 Å². The maximum atomic E-state index is 11.4. The molecule has 0 aromatic heterocycles. The summed E-state index contributed by atoms with van der Waals surface area (Å²) in [6.07, 6.45) is -0.986. The number of nitrogens with one attached hydrogen (secondary N) is 1. The second kappa shape index (κ2) is 8.72. The van der Waals surface area contributed by atoms with Crippen LogP contribution in [0.15, 0.2) is 30.3 Å². The number of amides is 1. The third-order valence-corrected chi connectivity index (χ3v) is 4.48. The average Bonchev–Trinajstić information content (AvgIpc) is 2.53. The highest BCUT2D eigenvalue weighted by Crippen LogP contribution is 2.26. The predicted molar refractivity (Wildman–Crippen MR) is 89.0 cm³/mol. The Bertz CT molecular complexity index is 664. The fourth-order valence-electron chi connectivity index (χ4n) is 2.82. The Morgan fingerprint density at radius 2 is 2.04 bits per heavy atom. The van der Waals surface area contributed by atoms with Crippen LogP contribution in [0.3, 0.4) is 0 Å². The predicted octanol–water partition coefficient (Wildman–Crippen LogP) is 0.931. The number of benzene rings is 1. The molecule has 9 heteroatoms. The smallest absolute Gasteiger partial charge is 0.373 e. The number of rotatable bonds is 7. The Hall–Kier alpha value is -1.52. The Kier molecular flexibility index (Phi) is 6.91. The van der Waals surface area contributed by atoms with Crippen LogP contribution in [0, 0.1) is 5.92 Å². The van der Waals surface area contributed by atoms with Crippen LogP contribution >= 0.6 is 0 Å². The summed E-state index contributed by atoms with van der Waals surface area (Å²) in [5.74, 6) is -0.474. The Morgan fingerprint density at radius 1 is 1.36 bits per heavy atom. The van der Waals surface area contributed by atoms with Gasteiger partial charge in [-0.2, -0.15) is 8.42 Å². The molecule has 0 saturated carbocycles. The second-order valence-corrected chi connectivity index (χ2v) is 7.10. The number of carbonyl (C=O) groups is 1. The molecule has 1 aromatic carbocycles. The molecular weight excluding hydrogens is 350 g/mol. The molecule has 1 fully saturated rings. The van der Waals surface area contributed by atoms with Crippen LogP contribution in [-0.2, 0) is 35.5 Å². The van der Waals surface area contributed by atoms with Crippen LogP contribution in [0.5, 0.6) is 0 Å². The van der Waals surface area contributed by atoms with Crippen molar-refractivity contribution in [3.63, 3.8) is 0 Å². The summed E-state index contributed by atoms with van der Waals surface area (Å²) in [5, 5.41) is 2.79. The quantitative estimate of drug-likeness (QED) is 0.684. The first-order chi connectivity index (χ1) is 11.8. The molecule has 1 aromatic rings. The minimum atomic E-state index is -4.54. The van der Waals surface area contributed by atoms with Gasteiger partial charge in [0.1, 0.15) is 0 Å². The Balaban J connectivity index is 2.05. The summed E-state index contributed by atoms with van der Waals surface area (Å²) in [6.45, 7) is 3.41. The highest BCUT2D eigenvalue weighted by molar-refractivity contribution is 7.80. The molecule has 0 radical (unpaired) electrons. The molecule has 1 heterocycles. The van der Waals surface area contributed by atoms with E-state index in [2.05, 4.69) is 9.50 Å². The van der Waals surface area contributed by atoms with Gasteiger partial charge in [-0.1, -0.05) is 37.3 Å². The van der Waals surface area contributed by atoms with Gasteiger partial charge < -0.3 is 14.8 Å². The van der Waals surface area contributed by atoms with Crippen LogP contribution < -0.4 is 5.32 Å². The molecule has 2 unspecified atom stereocenters. The lowest BCUT2D eigenvalue weighted by atomic mass is 9.90. The van der Waals surface area contributed by atoms with Crippen LogP contribution in [0.1, 0.15) is 19.4 Å². The number of ether oxygens (including phenoxy) is 2. The molecule has 1 aliphatic heterocycles. The van der Waals surface area contributed by atoms with Crippen LogP contribution in [0.2, 0.25) is 0 Å². The molecule has 0 aliphatic carbocycles. The zero-order valence-corrected chi connectivity index (χ0v) is 14.9. The molecule has 4 atom stereocenters. The van der Waals surface area contributed by atoms with Gasteiger partial charge in [-0.3, -0.25) is 9.35 Å². The highest BCUT2D eigenvalue weighted by Gasteiger charge is 2.39. The summed E-state index contributed by atoms with van der Waals surface area (Å²) in [4.78, 5) is 11.4. The zero-order chi connectivity index (χ0) is 18.4. The minimum absolute atomic E-state index is 0.156. The van der Waals surface area contributed by atoms with Crippen molar-refractivity contribution in [2.75, 3.05) is 13.2 Å². The molecule has 2 rings (SSSR count). The monoisotopic (exact) mass is 373 g/mol. The van der Waals surface area contributed by atoms with E-state index in [4.69, 9.17) is 14.0 Å². The molecule has 2 N–H and O–H groups in total. The van der Waals surface area contributed by atoms with Crippen molar-refractivity contribution >= 4 is 16.3 Å². The van der Waals surface area contributed by atoms with Gasteiger partial charge in [-0.05, 0) is 5.56 Å². The molecule has 140 valence electrons. The van der Waals surface area contributed by atoms with Crippen molar-refractivity contribution in [2.45, 2.75) is 38.7 Å². The number of hydrogen-bond acceptors (Lipinski definition) is 6. The highest BCUT2D eigenvalue weighted by atomic mass is 32.3. The summed E-state index contributed by atoms with van der Waals surface area (Å²) >= 11 is 0. The molecule has 8 nitrogen and oxygen atoms in total. The Labute approximate surface area is 147 Å². The van der Waals surface area contributed by atoms with Gasteiger partial charge >= 0.3 is 10.4 Å². The fourth-order valence-corrected chi connectivity index (χ4v) is 3.13. The number of hydrogen-bond donors (Lipinski definition) is 2. The molecule has 1 aliphatic rings. The first-order valence-electron chi connectivity index (χ1n) is 7.92. The van der Waals surface area contributed by atoms with Crippen molar-refractivity contribution in [1.29, 1.82) is 0 Å². The lowest BCUT2D eigenvalue weighted by Gasteiger charge is -2.41. The summed E-state index contributed by atoms with van der Waals surface area (Å²) in [5.41, 5.74) is 0.980. The second-order valence-electron chi connectivity index (χ2n) is 6.01. The van der Waals surface area contributed by atoms with Gasteiger partial charge in [0.05, 0.1) is 38.1 Å². The van der Waals surface area contributed by atoms with E-state index >= 15 is 0 Å². The summed E-state index contributed by atoms with van der Waals surface area (Å²) in [6, 6.07) is 9.20. The molecular formula is C16H23NO7S. The standard InChI is InChI=1S/C16H23NO7S/c1-11-15(10-24-25(19,20)21)22-9-14(17-12(2)18)16(11)23-8-13-6-4-3-5-7-13/h3-7,11,14-16H,8-10H2,1-2H3,(H,17,18)(H,19,20,21)/t11-,14?,15?,16-/m1/s1. The van der Waals surface area contributed by atoms with E-state index in [1.807, 2.05) is 37.3 Å². The molecule has 0 bridgehead atoms. The largest absolute Gasteiger partial charge is 0.397 e. The van der Waals surface area contributed by atoms with Gasteiger partial charge in [0, 0.05) is 12.8 Å². The first-order valence-corrected chi connectivity index (χ1v) is 9.29. The van der Waals surface area contributed by atoms with Gasteiger partial charge in [0.15, 0.2) is 0 Å². The SMILES string of the molecule is CC(=O)NC1COC(COS(=O)(=O)O)[C@@H](C)[C@H]1OCc1ccccc1. The van der Waals surface area contributed by atoms with Gasteiger partial charge in [0.25, 0.3) is 0 Å². The van der Waals surface area contributed by atoms with E-state index < -0.39 is 22.6 Å². The van der Waals surface area contributed by atoms with Gasteiger partial charge in [0.2, 0.25) is 5.91 Å². The van der Waals surface area contributed by atoms with Crippen molar-refractivity contribution in [1.82, 2.24) is 5.32 Å². The van der Waals surface area contributed by atoms with Crippen molar-refractivity contribution in [2.24, 2.45) is 5.92 Å². The molecule has 1 saturated heterocycles. The van der Waals surface area contributed by atoms with E-state index in [-0.39, 0.29) is 31.1 Å². The third kappa shape index (κ3) is 6.37. The van der Waals surface area contributed by atoms with E-state index in [0.29, 0.717) is 6.61 Å². The summed E-state index contributed by atoms with van der Waals surface area (Å²) in [7, 11) is -4.54. The average molecular weight is 373 g/mol. The maximum absolute atomic E-state index is 11.4. The Morgan fingerprint density at radius 3 is 2.64 bits per heavy atom. The van der Waals surface area contributed by atoms with Crippen molar-refractivity contribution in [3.8, 4) is 0 Å². The van der Waals surface area contributed by atoms with Crippen molar-refractivity contribution in [3.05, 3.63) is 35.9 Å². The van der Waals surface area contributed by atoms with E-state index in [9.17, 15) is 13.2 Å². The lowest BCUT2D eigenvalue weighted by Crippen LogP contribution is -2.57. The van der Waals surface area contributed by atoms with E-state index in [1.165, 1.54) is 6.92 Å².